The third-order valence-electron chi connectivity index (χ3n) is 4.18. The van der Waals surface area contributed by atoms with Gasteiger partial charge in [0.2, 0.25) is 11.8 Å². The molecule has 2 aromatic rings. The third-order valence-corrected chi connectivity index (χ3v) is 4.18. The van der Waals surface area contributed by atoms with Gasteiger partial charge in [0, 0.05) is 19.3 Å². The van der Waals surface area contributed by atoms with Crippen LogP contribution in [0.25, 0.3) is 0 Å². The van der Waals surface area contributed by atoms with Gasteiger partial charge in [0.1, 0.15) is 5.82 Å². The van der Waals surface area contributed by atoms with E-state index in [1.807, 2.05) is 30.3 Å². The molecule has 0 spiro atoms. The monoisotopic (exact) mass is 357 g/mol. The average molecular weight is 357 g/mol. The van der Waals surface area contributed by atoms with Crippen LogP contribution in [-0.4, -0.2) is 48.3 Å². The molecule has 2 aromatic carbocycles. The van der Waals surface area contributed by atoms with Gasteiger partial charge in [-0.25, -0.2) is 4.39 Å². The molecule has 138 valence electrons. The van der Waals surface area contributed by atoms with Gasteiger partial charge in [0.05, 0.1) is 12.6 Å². The maximum atomic E-state index is 12.9. The number of benzene rings is 2. The fourth-order valence-electron chi connectivity index (χ4n) is 2.54. The van der Waals surface area contributed by atoms with Crippen molar-refractivity contribution in [3.05, 3.63) is 66.0 Å². The first-order valence-electron chi connectivity index (χ1n) is 8.41. The van der Waals surface area contributed by atoms with Crippen LogP contribution in [0.3, 0.4) is 0 Å². The lowest BCUT2D eigenvalue weighted by molar-refractivity contribution is -0.135. The second-order valence-electron chi connectivity index (χ2n) is 6.33. The van der Waals surface area contributed by atoms with Crippen LogP contribution in [0, 0.1) is 5.82 Å². The summed E-state index contributed by atoms with van der Waals surface area (Å²) in [6.07, 6.45) is 0. The molecule has 0 fully saturated rings. The molecule has 1 N–H and O–H groups in total. The Morgan fingerprint density at radius 2 is 1.65 bits per heavy atom. The Balaban J connectivity index is 1.86. The SMILES string of the molecule is C[C@H](C(=O)N(C)Cc1ccccc1)N(C)CC(=O)Nc1ccc(F)cc1. The van der Waals surface area contributed by atoms with Crippen molar-refractivity contribution in [2.24, 2.45) is 0 Å². The Hall–Kier alpha value is -2.73. The van der Waals surface area contributed by atoms with Crippen molar-refractivity contribution in [1.82, 2.24) is 9.80 Å². The predicted octanol–water partition coefficient (Wildman–Crippen LogP) is 2.74. The van der Waals surface area contributed by atoms with Crippen LogP contribution < -0.4 is 5.32 Å². The molecule has 0 unspecified atom stereocenters. The van der Waals surface area contributed by atoms with E-state index in [0.29, 0.717) is 12.2 Å². The third kappa shape index (κ3) is 5.67. The highest BCUT2D eigenvalue weighted by atomic mass is 19.1. The van der Waals surface area contributed by atoms with Crippen molar-refractivity contribution < 1.29 is 14.0 Å². The molecule has 0 saturated carbocycles. The number of nitrogens with one attached hydrogen (secondary N) is 1. The zero-order valence-electron chi connectivity index (χ0n) is 15.3. The largest absolute Gasteiger partial charge is 0.340 e. The van der Waals surface area contributed by atoms with Crippen molar-refractivity contribution in [2.45, 2.75) is 19.5 Å². The van der Waals surface area contributed by atoms with Crippen molar-refractivity contribution in [1.29, 1.82) is 0 Å². The molecule has 0 aromatic heterocycles. The Morgan fingerprint density at radius 1 is 1.04 bits per heavy atom. The van der Waals surface area contributed by atoms with Gasteiger partial charge in [0.15, 0.2) is 0 Å². The maximum absolute atomic E-state index is 12.9. The molecule has 0 saturated heterocycles. The highest BCUT2D eigenvalue weighted by molar-refractivity contribution is 5.92. The molecule has 0 aliphatic rings. The Morgan fingerprint density at radius 3 is 2.27 bits per heavy atom. The Kier molecular flexibility index (Phi) is 6.86. The Bertz CT molecular complexity index is 734. The normalized spacial score (nSPS) is 11.9. The number of nitrogens with zero attached hydrogens (tertiary/aromatic N) is 2. The molecule has 6 heteroatoms. The molecule has 26 heavy (non-hydrogen) atoms. The van der Waals surface area contributed by atoms with E-state index in [-0.39, 0.29) is 24.2 Å². The smallest absolute Gasteiger partial charge is 0.239 e. The van der Waals surface area contributed by atoms with E-state index in [2.05, 4.69) is 5.32 Å². The van der Waals surface area contributed by atoms with Crippen molar-refractivity contribution in [2.75, 3.05) is 26.0 Å². The number of hydrogen-bond acceptors (Lipinski definition) is 3. The summed E-state index contributed by atoms with van der Waals surface area (Å²) in [6, 6.07) is 14.8. The van der Waals surface area contributed by atoms with Crippen molar-refractivity contribution >= 4 is 17.5 Å². The lowest BCUT2D eigenvalue weighted by Gasteiger charge is -2.27. The number of rotatable bonds is 7. The number of anilines is 1. The molecule has 1 atom stereocenters. The lowest BCUT2D eigenvalue weighted by atomic mass is 10.2. The lowest BCUT2D eigenvalue weighted by Crippen LogP contribution is -2.46. The molecule has 2 amide bonds. The first kappa shape index (κ1) is 19.6. The summed E-state index contributed by atoms with van der Waals surface area (Å²) in [6.45, 7) is 2.35. The number of halogens is 1. The van der Waals surface area contributed by atoms with Crippen molar-refractivity contribution in [3.8, 4) is 0 Å². The second kappa shape index (κ2) is 9.10. The van der Waals surface area contributed by atoms with E-state index in [1.54, 1.807) is 30.8 Å². The van der Waals surface area contributed by atoms with Crippen LogP contribution in [0.2, 0.25) is 0 Å². The van der Waals surface area contributed by atoms with Crippen LogP contribution in [0.4, 0.5) is 10.1 Å². The zero-order chi connectivity index (χ0) is 19.1. The molecule has 0 heterocycles. The van der Waals surface area contributed by atoms with E-state index in [1.165, 1.54) is 24.3 Å². The second-order valence-corrected chi connectivity index (χ2v) is 6.33. The fourth-order valence-corrected chi connectivity index (χ4v) is 2.54. The first-order chi connectivity index (χ1) is 12.4. The summed E-state index contributed by atoms with van der Waals surface area (Å²) in [4.78, 5) is 28.0. The van der Waals surface area contributed by atoms with E-state index in [0.717, 1.165) is 5.56 Å². The van der Waals surface area contributed by atoms with E-state index < -0.39 is 6.04 Å². The van der Waals surface area contributed by atoms with Crippen LogP contribution in [0.15, 0.2) is 54.6 Å². The minimum Gasteiger partial charge on any atom is -0.340 e. The number of amides is 2. The number of hydrogen-bond donors (Lipinski definition) is 1. The maximum Gasteiger partial charge on any atom is 0.239 e. The quantitative estimate of drug-likeness (QED) is 0.829. The van der Waals surface area contributed by atoms with E-state index >= 15 is 0 Å². The number of likely N-dealkylation sites (N-methyl/N-ethyl adjacent to an activating group) is 2. The summed E-state index contributed by atoms with van der Waals surface area (Å²) < 4.78 is 12.9. The van der Waals surface area contributed by atoms with Crippen LogP contribution in [-0.2, 0) is 16.1 Å². The van der Waals surface area contributed by atoms with Gasteiger partial charge in [-0.1, -0.05) is 30.3 Å². The summed E-state index contributed by atoms with van der Waals surface area (Å²) >= 11 is 0. The average Bonchev–Trinajstić information content (AvgIpc) is 2.63. The molecule has 0 aliphatic carbocycles. The highest BCUT2D eigenvalue weighted by Gasteiger charge is 2.23. The van der Waals surface area contributed by atoms with Crippen LogP contribution in [0.1, 0.15) is 12.5 Å². The minimum absolute atomic E-state index is 0.0590. The van der Waals surface area contributed by atoms with E-state index in [4.69, 9.17) is 0 Å². The standard InChI is InChI=1S/C20H24FN3O2/c1-15(20(26)24(3)13-16-7-5-4-6-8-16)23(2)14-19(25)22-18-11-9-17(21)10-12-18/h4-12,15H,13-14H2,1-3H3,(H,22,25)/t15-/m1/s1. The first-order valence-corrected chi connectivity index (χ1v) is 8.41. The van der Waals surface area contributed by atoms with Gasteiger partial charge in [-0.2, -0.15) is 0 Å². The van der Waals surface area contributed by atoms with Gasteiger partial charge in [-0.15, -0.1) is 0 Å². The number of carbonyl (C=O) groups is 2. The van der Waals surface area contributed by atoms with Crippen molar-refractivity contribution in [3.63, 3.8) is 0 Å². The molecular formula is C20H24FN3O2. The van der Waals surface area contributed by atoms with Gasteiger partial charge < -0.3 is 10.2 Å². The van der Waals surface area contributed by atoms with Crippen LogP contribution in [0.5, 0.6) is 0 Å². The summed E-state index contributed by atoms with van der Waals surface area (Å²) in [5.41, 5.74) is 1.57. The van der Waals surface area contributed by atoms with E-state index in [9.17, 15) is 14.0 Å². The summed E-state index contributed by atoms with van der Waals surface area (Å²) in [5, 5.41) is 2.69. The minimum atomic E-state index is -0.442. The summed E-state index contributed by atoms with van der Waals surface area (Å²) in [5.74, 6) is -0.684. The molecule has 0 aliphatic heterocycles. The topological polar surface area (TPSA) is 52.7 Å². The predicted molar refractivity (Wildman–Crippen MR) is 100 cm³/mol. The van der Waals surface area contributed by atoms with Gasteiger partial charge in [0.25, 0.3) is 0 Å². The molecule has 5 nitrogen and oxygen atoms in total. The summed E-state index contributed by atoms with van der Waals surface area (Å²) in [7, 11) is 3.47. The number of carbonyl (C=O) groups excluding carboxylic acids is 2. The zero-order valence-corrected chi connectivity index (χ0v) is 15.3. The molecule has 2 rings (SSSR count). The molecule has 0 bridgehead atoms. The molecule has 0 radical (unpaired) electrons. The van der Waals surface area contributed by atoms with Crippen LogP contribution >= 0.6 is 0 Å². The van der Waals surface area contributed by atoms with Gasteiger partial charge in [-0.3, -0.25) is 14.5 Å². The Labute approximate surface area is 153 Å². The van der Waals surface area contributed by atoms with Gasteiger partial charge >= 0.3 is 0 Å². The van der Waals surface area contributed by atoms with Gasteiger partial charge in [-0.05, 0) is 43.8 Å². The molecular weight excluding hydrogens is 333 g/mol. The highest BCUT2D eigenvalue weighted by Crippen LogP contribution is 2.10. The fraction of sp³-hybridized carbons (Fsp3) is 0.300.